The highest BCUT2D eigenvalue weighted by Crippen LogP contribution is 2.34. The lowest BCUT2D eigenvalue weighted by Crippen LogP contribution is -2.41. The third kappa shape index (κ3) is 5.69. The summed E-state index contributed by atoms with van der Waals surface area (Å²) < 4.78 is 30.7. The molecule has 1 amide bonds. The number of aryl methyl sites for hydroxylation is 3. The van der Waals surface area contributed by atoms with Crippen molar-refractivity contribution in [1.29, 1.82) is 0 Å². The molecule has 3 aromatic rings. The fourth-order valence-corrected chi connectivity index (χ4v) is 5.63. The van der Waals surface area contributed by atoms with Gasteiger partial charge in [-0.15, -0.1) is 0 Å². The first kappa shape index (κ1) is 25.2. The highest BCUT2D eigenvalue weighted by atomic mass is 35.5. The molecule has 0 aromatic heterocycles. The topological polar surface area (TPSA) is 89.7 Å². The Labute approximate surface area is 211 Å². The summed E-state index contributed by atoms with van der Waals surface area (Å²) in [5.74, 6) is -0.153. The first-order chi connectivity index (χ1) is 16.7. The van der Waals surface area contributed by atoms with Gasteiger partial charge in [0.1, 0.15) is 0 Å². The van der Waals surface area contributed by atoms with Crippen molar-refractivity contribution in [2.24, 2.45) is 0 Å². The quantitative estimate of drug-likeness (QED) is 0.338. The maximum atomic E-state index is 13.8. The number of halogens is 1. The number of carbonyl (C=O) groups is 1. The van der Waals surface area contributed by atoms with E-state index in [0.717, 1.165) is 35.2 Å². The molecule has 0 spiro atoms. The van der Waals surface area contributed by atoms with Crippen molar-refractivity contribution in [2.45, 2.75) is 50.5 Å². The molecule has 4 rings (SSSR count). The van der Waals surface area contributed by atoms with E-state index >= 15 is 0 Å². The minimum atomic E-state index is -3.89. The molecule has 1 unspecified atom stereocenters. The molecular formula is C27H29ClN2O4S. The molecule has 0 radical (unpaired) electrons. The first-order valence-corrected chi connectivity index (χ1v) is 13.4. The number of fused-ring (bicyclic) bond motifs is 1. The van der Waals surface area contributed by atoms with E-state index in [1.54, 1.807) is 41.3 Å². The Hall–Kier alpha value is -2.87. The lowest BCUT2D eigenvalue weighted by Gasteiger charge is -2.32. The van der Waals surface area contributed by atoms with Crippen LogP contribution >= 0.6 is 11.6 Å². The van der Waals surface area contributed by atoms with Crippen LogP contribution in [0.1, 0.15) is 46.3 Å². The summed E-state index contributed by atoms with van der Waals surface area (Å²) in [6.45, 7) is 3.72. The minimum absolute atomic E-state index is 0.0334. The zero-order chi connectivity index (χ0) is 25.2. The van der Waals surface area contributed by atoms with Crippen LogP contribution in [0.5, 0.6) is 0 Å². The average Bonchev–Trinajstić information content (AvgIpc) is 2.97. The van der Waals surface area contributed by atoms with E-state index in [2.05, 4.69) is 0 Å². The van der Waals surface area contributed by atoms with E-state index in [4.69, 9.17) is 21.5 Å². The molecule has 1 atom stereocenters. The van der Waals surface area contributed by atoms with Crippen molar-refractivity contribution < 1.29 is 17.4 Å². The predicted molar refractivity (Wildman–Crippen MR) is 140 cm³/mol. The summed E-state index contributed by atoms with van der Waals surface area (Å²) in [4.78, 5) is 15.7. The monoisotopic (exact) mass is 512 g/mol. The molecule has 0 bridgehead atoms. The summed E-state index contributed by atoms with van der Waals surface area (Å²) in [5, 5.41) is 0.616. The van der Waals surface area contributed by atoms with Crippen LogP contribution in [-0.4, -0.2) is 27.0 Å². The van der Waals surface area contributed by atoms with Crippen molar-refractivity contribution >= 4 is 39.0 Å². The zero-order valence-corrected chi connectivity index (χ0v) is 21.4. The SMILES string of the molecule is Cc1ccc(S(=O)(=O)OCCC2CCCc3cc(Cl)ccc3N2C(=O)c2ccc(N)cc2C)cc1. The van der Waals surface area contributed by atoms with Crippen molar-refractivity contribution in [1.82, 2.24) is 0 Å². The molecule has 0 saturated heterocycles. The largest absolute Gasteiger partial charge is 0.399 e. The minimum Gasteiger partial charge on any atom is -0.399 e. The molecule has 0 fully saturated rings. The van der Waals surface area contributed by atoms with Crippen molar-refractivity contribution in [3.05, 3.63) is 87.9 Å². The van der Waals surface area contributed by atoms with Gasteiger partial charge < -0.3 is 10.6 Å². The van der Waals surface area contributed by atoms with Gasteiger partial charge in [-0.05, 0) is 99.2 Å². The molecule has 35 heavy (non-hydrogen) atoms. The van der Waals surface area contributed by atoms with Crippen LogP contribution in [0.2, 0.25) is 5.02 Å². The number of nitrogen functional groups attached to an aromatic ring is 1. The number of hydrogen-bond acceptors (Lipinski definition) is 5. The summed E-state index contributed by atoms with van der Waals surface area (Å²) in [6.07, 6.45) is 2.69. The van der Waals surface area contributed by atoms with Gasteiger partial charge >= 0.3 is 0 Å². The van der Waals surface area contributed by atoms with Crippen LogP contribution in [0.15, 0.2) is 65.6 Å². The van der Waals surface area contributed by atoms with Gasteiger partial charge in [-0.3, -0.25) is 8.98 Å². The lowest BCUT2D eigenvalue weighted by molar-refractivity contribution is 0.0972. The number of anilines is 2. The standard InChI is InChI=1S/C27H29ClN2O4S/c1-18-6-10-24(11-7-18)35(32,33)34-15-14-23-5-3-4-20-17-21(28)8-13-26(20)30(23)27(31)25-12-9-22(29)16-19(25)2/h6-13,16-17,23H,3-5,14-15,29H2,1-2H3. The summed E-state index contributed by atoms with van der Waals surface area (Å²) >= 11 is 6.25. The third-order valence-electron chi connectivity index (χ3n) is 6.35. The number of amides is 1. The van der Waals surface area contributed by atoms with Crippen molar-refractivity contribution in [3.63, 3.8) is 0 Å². The van der Waals surface area contributed by atoms with E-state index in [0.29, 0.717) is 29.1 Å². The Balaban J connectivity index is 1.62. The van der Waals surface area contributed by atoms with Crippen LogP contribution in [0.3, 0.4) is 0 Å². The molecule has 1 heterocycles. The second-order valence-electron chi connectivity index (χ2n) is 8.95. The maximum Gasteiger partial charge on any atom is 0.296 e. The van der Waals surface area contributed by atoms with Gasteiger partial charge in [-0.2, -0.15) is 8.42 Å². The predicted octanol–water partition coefficient (Wildman–Crippen LogP) is 5.69. The molecule has 184 valence electrons. The van der Waals surface area contributed by atoms with E-state index in [-0.39, 0.29) is 23.5 Å². The Morgan fingerprint density at radius 3 is 2.54 bits per heavy atom. The van der Waals surface area contributed by atoms with Gasteiger partial charge in [-0.25, -0.2) is 0 Å². The number of benzene rings is 3. The van der Waals surface area contributed by atoms with Crippen molar-refractivity contribution in [3.8, 4) is 0 Å². The van der Waals surface area contributed by atoms with Gasteiger partial charge in [0.15, 0.2) is 0 Å². The molecule has 3 aromatic carbocycles. The summed E-state index contributed by atoms with van der Waals surface area (Å²) in [6, 6.07) is 17.1. The van der Waals surface area contributed by atoms with E-state index in [1.807, 2.05) is 26.0 Å². The normalized spacial score (nSPS) is 16.0. The number of nitrogens with two attached hydrogens (primary N) is 1. The Bertz CT molecular complexity index is 1340. The van der Waals surface area contributed by atoms with Crippen molar-refractivity contribution in [2.75, 3.05) is 17.2 Å². The molecule has 6 nitrogen and oxygen atoms in total. The summed E-state index contributed by atoms with van der Waals surface area (Å²) in [7, 11) is -3.89. The Morgan fingerprint density at radius 2 is 1.83 bits per heavy atom. The maximum absolute atomic E-state index is 13.8. The van der Waals surface area contributed by atoms with Crippen LogP contribution in [-0.2, 0) is 20.7 Å². The number of hydrogen-bond donors (Lipinski definition) is 1. The molecule has 1 aliphatic rings. The van der Waals surface area contributed by atoms with Crippen LogP contribution in [0.25, 0.3) is 0 Å². The average molecular weight is 513 g/mol. The summed E-state index contributed by atoms with van der Waals surface area (Å²) in [5.41, 5.74) is 10.6. The second kappa shape index (κ2) is 10.4. The van der Waals surface area contributed by atoms with E-state index in [9.17, 15) is 13.2 Å². The number of rotatable bonds is 6. The van der Waals surface area contributed by atoms with Gasteiger partial charge in [0.05, 0.1) is 11.5 Å². The molecule has 0 saturated carbocycles. The molecule has 0 aliphatic carbocycles. The fourth-order valence-electron chi connectivity index (χ4n) is 4.52. The molecule has 8 heteroatoms. The Morgan fingerprint density at radius 1 is 1.09 bits per heavy atom. The number of nitrogens with zero attached hydrogens (tertiary/aromatic N) is 1. The molecule has 1 aliphatic heterocycles. The lowest BCUT2D eigenvalue weighted by atomic mass is 10.0. The highest BCUT2D eigenvalue weighted by Gasteiger charge is 2.31. The molecular weight excluding hydrogens is 484 g/mol. The van der Waals surface area contributed by atoms with Crippen LogP contribution in [0.4, 0.5) is 11.4 Å². The van der Waals surface area contributed by atoms with Gasteiger partial charge in [0.2, 0.25) is 0 Å². The Kier molecular flexibility index (Phi) is 7.50. The van der Waals surface area contributed by atoms with Gasteiger partial charge in [0, 0.05) is 28.0 Å². The van der Waals surface area contributed by atoms with Crippen LogP contribution in [0, 0.1) is 13.8 Å². The number of carbonyl (C=O) groups excluding carboxylic acids is 1. The fraction of sp³-hybridized carbons (Fsp3) is 0.296. The first-order valence-electron chi connectivity index (χ1n) is 11.6. The van der Waals surface area contributed by atoms with E-state index < -0.39 is 10.1 Å². The zero-order valence-electron chi connectivity index (χ0n) is 19.8. The van der Waals surface area contributed by atoms with E-state index in [1.165, 1.54) is 12.1 Å². The molecule has 2 N–H and O–H groups in total. The van der Waals surface area contributed by atoms with Gasteiger partial charge in [-0.1, -0.05) is 29.3 Å². The highest BCUT2D eigenvalue weighted by molar-refractivity contribution is 7.86. The van der Waals surface area contributed by atoms with Gasteiger partial charge in [0.25, 0.3) is 16.0 Å². The van der Waals surface area contributed by atoms with Crippen LogP contribution < -0.4 is 10.6 Å². The second-order valence-corrected chi connectivity index (χ2v) is 11.0. The third-order valence-corrected chi connectivity index (χ3v) is 7.91. The smallest absolute Gasteiger partial charge is 0.296 e.